The lowest BCUT2D eigenvalue weighted by molar-refractivity contribution is 0.582. The molecule has 0 saturated carbocycles. The van der Waals surface area contributed by atoms with Gasteiger partial charge in [-0.3, -0.25) is 0 Å². The first-order valence-corrected chi connectivity index (χ1v) is 9.03. The van der Waals surface area contributed by atoms with Gasteiger partial charge in [0.1, 0.15) is 0 Å². The number of hydrogen-bond donors (Lipinski definition) is 1. The zero-order valence-corrected chi connectivity index (χ0v) is 14.4. The summed E-state index contributed by atoms with van der Waals surface area (Å²) in [5.41, 5.74) is 1.08. The molecule has 4 aromatic rings. The minimum atomic E-state index is -3.80. The second kappa shape index (κ2) is 5.49. The van der Waals surface area contributed by atoms with E-state index in [1.165, 1.54) is 18.3 Å². The fourth-order valence-electron chi connectivity index (χ4n) is 2.42. The van der Waals surface area contributed by atoms with E-state index in [4.69, 9.17) is 0 Å². The largest absolute Gasteiger partial charge is 0.283 e. The Morgan fingerprint density at radius 2 is 1.92 bits per heavy atom. The van der Waals surface area contributed by atoms with E-state index in [9.17, 15) is 8.42 Å². The number of nitrogens with one attached hydrogen (secondary N) is 1. The van der Waals surface area contributed by atoms with Gasteiger partial charge in [0.05, 0.1) is 16.6 Å². The second-order valence-corrected chi connectivity index (χ2v) is 7.62. The van der Waals surface area contributed by atoms with Crippen molar-refractivity contribution < 1.29 is 8.42 Å². The normalized spacial score (nSPS) is 11.9. The standard InChI is InChI=1S/C14H9BrN6O2S/c15-9-6-11(14-17-19-20-18-14)12-8-16-21(13(12)7-9)24(22,23)10-4-2-1-3-5-10/h1-8H,(H,17,18,19,20). The molecule has 0 atom stereocenters. The zero-order valence-electron chi connectivity index (χ0n) is 12.0. The third kappa shape index (κ3) is 2.31. The molecular formula is C14H9BrN6O2S. The van der Waals surface area contributed by atoms with E-state index in [2.05, 4.69) is 41.7 Å². The van der Waals surface area contributed by atoms with Crippen LogP contribution in [-0.2, 0) is 10.0 Å². The molecule has 2 aromatic heterocycles. The minimum absolute atomic E-state index is 0.165. The van der Waals surface area contributed by atoms with Crippen LogP contribution in [-0.4, -0.2) is 38.2 Å². The summed E-state index contributed by atoms with van der Waals surface area (Å²) in [6.07, 6.45) is 1.49. The molecule has 0 spiro atoms. The highest BCUT2D eigenvalue weighted by Crippen LogP contribution is 2.31. The van der Waals surface area contributed by atoms with Crippen molar-refractivity contribution in [1.29, 1.82) is 0 Å². The molecule has 4 rings (SSSR count). The van der Waals surface area contributed by atoms with Gasteiger partial charge in [0.2, 0.25) is 0 Å². The topological polar surface area (TPSA) is 106 Å². The average molecular weight is 405 g/mol. The number of rotatable bonds is 3. The van der Waals surface area contributed by atoms with Crippen molar-refractivity contribution in [3.63, 3.8) is 0 Å². The van der Waals surface area contributed by atoms with Gasteiger partial charge in [-0.2, -0.15) is 17.6 Å². The Morgan fingerprint density at radius 1 is 1.12 bits per heavy atom. The number of fused-ring (bicyclic) bond motifs is 1. The van der Waals surface area contributed by atoms with Crippen molar-refractivity contribution in [1.82, 2.24) is 29.8 Å². The molecule has 120 valence electrons. The molecule has 0 saturated heterocycles. The summed E-state index contributed by atoms with van der Waals surface area (Å²) < 4.78 is 27.4. The maximum absolute atomic E-state index is 12.9. The number of tetrazole rings is 1. The maximum atomic E-state index is 12.9. The molecule has 0 bridgehead atoms. The summed E-state index contributed by atoms with van der Waals surface area (Å²) in [4.78, 5) is 0.165. The maximum Gasteiger partial charge on any atom is 0.283 e. The number of halogens is 1. The van der Waals surface area contributed by atoms with E-state index in [1.54, 1.807) is 30.3 Å². The lowest BCUT2D eigenvalue weighted by atomic mass is 10.1. The Bertz CT molecular complexity index is 1120. The molecule has 8 nitrogen and oxygen atoms in total. The van der Waals surface area contributed by atoms with Crippen LogP contribution in [0.2, 0.25) is 0 Å². The van der Waals surface area contributed by atoms with Crippen LogP contribution >= 0.6 is 15.9 Å². The quantitative estimate of drug-likeness (QED) is 0.560. The van der Waals surface area contributed by atoms with Gasteiger partial charge in [-0.05, 0) is 34.7 Å². The van der Waals surface area contributed by atoms with E-state index >= 15 is 0 Å². The molecule has 24 heavy (non-hydrogen) atoms. The molecular weight excluding hydrogens is 396 g/mol. The molecule has 0 radical (unpaired) electrons. The van der Waals surface area contributed by atoms with Crippen LogP contribution in [0.25, 0.3) is 22.3 Å². The molecule has 2 aromatic carbocycles. The Kier molecular flexibility index (Phi) is 3.43. The molecule has 0 fully saturated rings. The number of benzene rings is 2. The Labute approximate surface area is 144 Å². The summed E-state index contributed by atoms with van der Waals surface area (Å²) in [5.74, 6) is 0.429. The molecule has 0 aliphatic rings. The van der Waals surface area contributed by atoms with E-state index in [1.807, 2.05) is 0 Å². The van der Waals surface area contributed by atoms with Crippen LogP contribution in [0.1, 0.15) is 0 Å². The molecule has 0 unspecified atom stereocenters. The van der Waals surface area contributed by atoms with Crippen molar-refractivity contribution >= 4 is 36.9 Å². The molecule has 0 aliphatic heterocycles. The highest BCUT2D eigenvalue weighted by atomic mass is 79.9. The van der Waals surface area contributed by atoms with E-state index in [0.29, 0.717) is 26.8 Å². The van der Waals surface area contributed by atoms with Crippen LogP contribution in [0, 0.1) is 0 Å². The predicted molar refractivity (Wildman–Crippen MR) is 89.6 cm³/mol. The van der Waals surface area contributed by atoms with Gasteiger partial charge in [-0.15, -0.1) is 5.10 Å². The van der Waals surface area contributed by atoms with Crippen molar-refractivity contribution in [3.05, 3.63) is 53.1 Å². The summed E-state index contributed by atoms with van der Waals surface area (Å²) in [7, 11) is -3.80. The van der Waals surface area contributed by atoms with Crippen LogP contribution < -0.4 is 0 Å². The van der Waals surface area contributed by atoms with Crippen LogP contribution in [0.5, 0.6) is 0 Å². The first kappa shape index (κ1) is 15.0. The Balaban J connectivity index is 2.00. The van der Waals surface area contributed by atoms with E-state index < -0.39 is 10.0 Å². The number of H-pyrrole nitrogens is 1. The Morgan fingerprint density at radius 3 is 2.62 bits per heavy atom. The zero-order chi connectivity index (χ0) is 16.7. The number of nitrogens with zero attached hydrogens (tertiary/aromatic N) is 5. The SMILES string of the molecule is O=S(=O)(c1ccccc1)n1ncc2c(-c3nnn[nH]3)cc(Br)cc21. The second-order valence-electron chi connectivity index (χ2n) is 4.94. The van der Waals surface area contributed by atoms with Gasteiger partial charge in [0.15, 0.2) is 5.82 Å². The van der Waals surface area contributed by atoms with Gasteiger partial charge < -0.3 is 0 Å². The number of aromatic amines is 1. The fourth-order valence-corrected chi connectivity index (χ4v) is 4.15. The highest BCUT2D eigenvalue weighted by Gasteiger charge is 2.22. The lowest BCUT2D eigenvalue weighted by Crippen LogP contribution is -2.14. The number of hydrogen-bond acceptors (Lipinski definition) is 6. The highest BCUT2D eigenvalue weighted by molar-refractivity contribution is 9.10. The van der Waals surface area contributed by atoms with Gasteiger partial charge >= 0.3 is 0 Å². The summed E-state index contributed by atoms with van der Waals surface area (Å²) in [6, 6.07) is 11.6. The molecule has 0 aliphatic carbocycles. The van der Waals surface area contributed by atoms with Crippen molar-refractivity contribution in [2.24, 2.45) is 0 Å². The summed E-state index contributed by atoms with van der Waals surface area (Å²) >= 11 is 3.39. The van der Waals surface area contributed by atoms with Gasteiger partial charge in [-0.1, -0.05) is 34.1 Å². The summed E-state index contributed by atoms with van der Waals surface area (Å²) in [5, 5.41) is 18.4. The van der Waals surface area contributed by atoms with Gasteiger partial charge in [-0.25, -0.2) is 5.10 Å². The first-order valence-electron chi connectivity index (χ1n) is 6.79. The molecule has 10 heteroatoms. The van der Waals surface area contributed by atoms with Crippen LogP contribution in [0.15, 0.2) is 58.0 Å². The Hall–Kier alpha value is -2.59. The van der Waals surface area contributed by atoms with Gasteiger partial charge in [0, 0.05) is 15.4 Å². The van der Waals surface area contributed by atoms with Crippen LogP contribution in [0.4, 0.5) is 0 Å². The monoisotopic (exact) mass is 404 g/mol. The van der Waals surface area contributed by atoms with Gasteiger partial charge in [0.25, 0.3) is 10.0 Å². The molecule has 2 heterocycles. The van der Waals surface area contributed by atoms with E-state index in [-0.39, 0.29) is 4.90 Å². The van der Waals surface area contributed by atoms with Crippen molar-refractivity contribution in [2.45, 2.75) is 4.90 Å². The molecule has 0 amide bonds. The smallest absolute Gasteiger partial charge is 0.239 e. The predicted octanol–water partition coefficient (Wildman–Crippen LogP) is 2.22. The average Bonchev–Trinajstić information content (AvgIpc) is 3.24. The molecule has 1 N–H and O–H groups in total. The third-order valence-corrected chi connectivity index (χ3v) is 5.56. The van der Waals surface area contributed by atoms with Crippen LogP contribution in [0.3, 0.4) is 0 Å². The third-order valence-electron chi connectivity index (χ3n) is 3.49. The lowest BCUT2D eigenvalue weighted by Gasteiger charge is -2.07. The summed E-state index contributed by atoms with van der Waals surface area (Å²) in [6.45, 7) is 0. The first-order chi connectivity index (χ1) is 11.6. The van der Waals surface area contributed by atoms with Crippen molar-refractivity contribution in [2.75, 3.05) is 0 Å². The number of aromatic nitrogens is 6. The minimum Gasteiger partial charge on any atom is -0.239 e. The van der Waals surface area contributed by atoms with E-state index in [0.717, 1.165) is 4.09 Å². The van der Waals surface area contributed by atoms with Crippen molar-refractivity contribution in [3.8, 4) is 11.4 Å². The fraction of sp³-hybridized carbons (Fsp3) is 0.